The van der Waals surface area contributed by atoms with Crippen molar-refractivity contribution in [1.29, 1.82) is 0 Å². The number of rotatable bonds is 4. The summed E-state index contributed by atoms with van der Waals surface area (Å²) in [6.45, 7) is 14.2. The number of H-pyrrole nitrogens is 1. The number of hydrogen-bond acceptors (Lipinski definition) is 4. The third-order valence-corrected chi connectivity index (χ3v) is 5.00. The lowest BCUT2D eigenvalue weighted by atomic mass is 10.2. The molecule has 0 amide bonds. The molecule has 5 nitrogen and oxygen atoms in total. The molecule has 0 aliphatic carbocycles. The summed E-state index contributed by atoms with van der Waals surface area (Å²) in [4.78, 5) is 21.1. The molecule has 0 bridgehead atoms. The van der Waals surface area contributed by atoms with Crippen LogP contribution in [0.2, 0.25) is 19.6 Å². The van der Waals surface area contributed by atoms with Crippen LogP contribution < -0.4 is 0 Å². The standard InChI is InChI=1S/C9H16N2OSi.C5H10O2/c1-7(12)9(13(2,3)4)8-5-10-11-6-8;1-5(2,3)7-4-6/h5-6,9H,1-4H3,(H,10,11);4H,1-3H3. The summed E-state index contributed by atoms with van der Waals surface area (Å²) in [7, 11) is -1.46. The largest absolute Gasteiger partial charge is 0.462 e. The first kappa shape index (κ1) is 18.6. The summed E-state index contributed by atoms with van der Waals surface area (Å²) in [5.41, 5.74) is 0.791. The fraction of sp³-hybridized carbons (Fsp3) is 0.643. The van der Waals surface area contributed by atoms with Crippen LogP contribution in [0.3, 0.4) is 0 Å². The molecule has 1 N–H and O–H groups in total. The van der Waals surface area contributed by atoms with Crippen LogP contribution >= 0.6 is 0 Å². The number of aromatic nitrogens is 2. The van der Waals surface area contributed by atoms with Crippen molar-refractivity contribution in [2.45, 2.75) is 58.5 Å². The molecule has 0 fully saturated rings. The quantitative estimate of drug-likeness (QED) is 0.685. The predicted octanol–water partition coefficient (Wildman–Crippen LogP) is 2.92. The smallest absolute Gasteiger partial charge is 0.293 e. The van der Waals surface area contributed by atoms with Crippen LogP contribution in [0.15, 0.2) is 12.4 Å². The third-order valence-electron chi connectivity index (χ3n) is 2.53. The van der Waals surface area contributed by atoms with Crippen LogP contribution in [-0.2, 0) is 14.3 Å². The Hall–Kier alpha value is -1.43. The number of Topliss-reactive ketones (excluding diaryl/α,β-unsaturated/α-hetero) is 1. The van der Waals surface area contributed by atoms with Crippen molar-refractivity contribution in [3.8, 4) is 0 Å². The molecule has 1 atom stereocenters. The van der Waals surface area contributed by atoms with Crippen molar-refractivity contribution in [3.05, 3.63) is 18.0 Å². The maximum Gasteiger partial charge on any atom is 0.293 e. The average molecular weight is 298 g/mol. The van der Waals surface area contributed by atoms with Gasteiger partial charge in [-0.25, -0.2) is 0 Å². The van der Waals surface area contributed by atoms with Gasteiger partial charge in [-0.3, -0.25) is 14.7 Å². The lowest BCUT2D eigenvalue weighted by Crippen LogP contribution is -2.35. The Bertz CT molecular complexity index is 417. The Morgan fingerprint density at radius 1 is 1.40 bits per heavy atom. The zero-order valence-corrected chi connectivity index (χ0v) is 14.5. The van der Waals surface area contributed by atoms with E-state index in [-0.39, 0.29) is 16.9 Å². The third kappa shape index (κ3) is 7.23. The number of ketones is 1. The van der Waals surface area contributed by atoms with E-state index in [0.29, 0.717) is 6.47 Å². The Labute approximate surface area is 122 Å². The van der Waals surface area contributed by atoms with Crippen molar-refractivity contribution in [3.63, 3.8) is 0 Å². The number of ether oxygens (including phenoxy) is 1. The molecule has 0 spiro atoms. The van der Waals surface area contributed by atoms with E-state index in [1.54, 1.807) is 13.1 Å². The maximum absolute atomic E-state index is 11.5. The number of carbonyl (C=O) groups is 2. The lowest BCUT2D eigenvalue weighted by Gasteiger charge is -2.25. The van der Waals surface area contributed by atoms with Gasteiger partial charge >= 0.3 is 0 Å². The van der Waals surface area contributed by atoms with E-state index in [2.05, 4.69) is 34.6 Å². The highest BCUT2D eigenvalue weighted by Gasteiger charge is 2.32. The number of aromatic amines is 1. The van der Waals surface area contributed by atoms with Gasteiger partial charge in [0.05, 0.1) is 14.3 Å². The molecular formula is C14H26N2O3Si. The lowest BCUT2D eigenvalue weighted by molar-refractivity contribution is -0.138. The van der Waals surface area contributed by atoms with Crippen LogP contribution in [0.5, 0.6) is 0 Å². The van der Waals surface area contributed by atoms with Crippen LogP contribution in [0.4, 0.5) is 0 Å². The van der Waals surface area contributed by atoms with Gasteiger partial charge in [0.25, 0.3) is 6.47 Å². The van der Waals surface area contributed by atoms with Gasteiger partial charge in [0.1, 0.15) is 11.4 Å². The molecule has 0 radical (unpaired) electrons. The minimum absolute atomic E-state index is 0.0752. The number of hydrogen-bond donors (Lipinski definition) is 1. The van der Waals surface area contributed by atoms with Gasteiger partial charge in [-0.1, -0.05) is 19.6 Å². The van der Waals surface area contributed by atoms with Gasteiger partial charge in [0.2, 0.25) is 0 Å². The van der Waals surface area contributed by atoms with E-state index in [4.69, 9.17) is 0 Å². The number of nitrogens with one attached hydrogen (secondary N) is 1. The van der Waals surface area contributed by atoms with E-state index in [9.17, 15) is 9.59 Å². The molecule has 0 saturated heterocycles. The Morgan fingerprint density at radius 3 is 2.15 bits per heavy atom. The molecular weight excluding hydrogens is 272 g/mol. The predicted molar refractivity (Wildman–Crippen MR) is 82.3 cm³/mol. The van der Waals surface area contributed by atoms with Crippen LogP contribution in [0, 0.1) is 0 Å². The van der Waals surface area contributed by atoms with Crippen molar-refractivity contribution >= 4 is 20.3 Å². The molecule has 1 unspecified atom stereocenters. The van der Waals surface area contributed by atoms with Gasteiger partial charge in [0, 0.05) is 11.7 Å². The Balaban J connectivity index is 0.000000441. The second-order valence-corrected chi connectivity index (χ2v) is 12.1. The molecule has 114 valence electrons. The fourth-order valence-electron chi connectivity index (χ4n) is 1.91. The van der Waals surface area contributed by atoms with Gasteiger partial charge in [-0.05, 0) is 33.3 Å². The first-order valence-electron chi connectivity index (χ1n) is 6.59. The van der Waals surface area contributed by atoms with E-state index in [1.165, 1.54) is 0 Å². The van der Waals surface area contributed by atoms with Crippen LogP contribution in [-0.4, -0.2) is 36.1 Å². The molecule has 1 aromatic heterocycles. The summed E-state index contributed by atoms with van der Waals surface area (Å²) in [5, 5.41) is 6.64. The zero-order valence-electron chi connectivity index (χ0n) is 13.5. The molecule has 1 aromatic rings. The van der Waals surface area contributed by atoms with Gasteiger partial charge < -0.3 is 4.74 Å². The zero-order chi connectivity index (χ0) is 16.0. The minimum atomic E-state index is -1.46. The SMILES string of the molecule is CC(=O)C(c1cn[nH]c1)[Si](C)(C)C.CC(C)(C)OC=O. The summed E-state index contributed by atoms with van der Waals surface area (Å²) in [6.07, 6.45) is 3.58. The monoisotopic (exact) mass is 298 g/mol. The maximum atomic E-state index is 11.5. The minimum Gasteiger partial charge on any atom is -0.462 e. The molecule has 0 saturated carbocycles. The van der Waals surface area contributed by atoms with Crippen molar-refractivity contribution in [2.75, 3.05) is 0 Å². The molecule has 0 aliphatic rings. The summed E-state index contributed by atoms with van der Waals surface area (Å²) >= 11 is 0. The second-order valence-electron chi connectivity index (χ2n) is 6.77. The highest BCUT2D eigenvalue weighted by atomic mass is 28.3. The average Bonchev–Trinajstić information content (AvgIpc) is 2.66. The normalized spacial score (nSPS) is 12.9. The van der Waals surface area contributed by atoms with Crippen LogP contribution in [0.1, 0.15) is 38.8 Å². The highest BCUT2D eigenvalue weighted by Crippen LogP contribution is 2.26. The molecule has 1 rings (SSSR count). The Morgan fingerprint density at radius 2 is 1.95 bits per heavy atom. The first-order valence-corrected chi connectivity index (χ1v) is 10.2. The number of carbonyl (C=O) groups excluding carboxylic acids is 2. The van der Waals surface area contributed by atoms with Crippen molar-refractivity contribution < 1.29 is 14.3 Å². The molecule has 0 aromatic carbocycles. The van der Waals surface area contributed by atoms with E-state index in [0.717, 1.165) is 5.56 Å². The topological polar surface area (TPSA) is 72.1 Å². The van der Waals surface area contributed by atoms with Gasteiger partial charge in [0.15, 0.2) is 0 Å². The number of nitrogens with zero attached hydrogens (tertiary/aromatic N) is 1. The molecule has 20 heavy (non-hydrogen) atoms. The van der Waals surface area contributed by atoms with Crippen molar-refractivity contribution in [2.24, 2.45) is 0 Å². The van der Waals surface area contributed by atoms with Gasteiger partial charge in [-0.15, -0.1) is 0 Å². The van der Waals surface area contributed by atoms with Crippen LogP contribution in [0.25, 0.3) is 0 Å². The second kappa shape index (κ2) is 7.38. The molecule has 6 heteroatoms. The van der Waals surface area contributed by atoms with Crippen molar-refractivity contribution in [1.82, 2.24) is 10.2 Å². The summed E-state index contributed by atoms with van der Waals surface area (Å²) < 4.78 is 4.55. The molecule has 1 heterocycles. The summed E-state index contributed by atoms with van der Waals surface area (Å²) in [6, 6.07) is 0. The Kier molecular flexibility index (Phi) is 6.85. The first-order chi connectivity index (χ1) is 8.99. The van der Waals surface area contributed by atoms with Gasteiger partial charge in [-0.2, -0.15) is 5.10 Å². The summed E-state index contributed by atoms with van der Waals surface area (Å²) in [5.74, 6) is 0.251. The molecule has 0 aliphatic heterocycles. The van der Waals surface area contributed by atoms with E-state index >= 15 is 0 Å². The van der Waals surface area contributed by atoms with E-state index < -0.39 is 8.07 Å². The fourth-order valence-corrected chi connectivity index (χ4v) is 4.29. The van der Waals surface area contributed by atoms with E-state index in [1.807, 2.05) is 27.0 Å². The highest BCUT2D eigenvalue weighted by molar-refractivity contribution is 6.80.